The van der Waals surface area contributed by atoms with Gasteiger partial charge in [0.25, 0.3) is 0 Å². The molecule has 1 aliphatic heterocycles. The van der Waals surface area contributed by atoms with Crippen LogP contribution in [0, 0.1) is 0 Å². The largest absolute Gasteiger partial charge is 0.400 e. The molecule has 0 amide bonds. The van der Waals surface area contributed by atoms with E-state index in [-0.39, 0.29) is 0 Å². The third kappa shape index (κ3) is 6.27. The number of rotatable bonds is 9. The lowest BCUT2D eigenvalue weighted by molar-refractivity contribution is 0.0485. The number of hydrogen-bond donors (Lipinski definition) is 0. The summed E-state index contributed by atoms with van der Waals surface area (Å²) in [4.78, 5) is 0. The van der Waals surface area contributed by atoms with Gasteiger partial charge in [-0.1, -0.05) is 0 Å². The number of hydrogen-bond acceptors (Lipinski definition) is 4. The minimum atomic E-state index is -1.36. The molecule has 0 aliphatic carbocycles. The second-order valence-corrected chi connectivity index (χ2v) is 6.31. The van der Waals surface area contributed by atoms with Crippen LogP contribution in [0.4, 0.5) is 0 Å². The van der Waals surface area contributed by atoms with E-state index in [1.165, 1.54) is 0 Å². The Kier molecular flexibility index (Phi) is 6.43. The van der Waals surface area contributed by atoms with Crippen LogP contribution in [0.1, 0.15) is 19.8 Å². The van der Waals surface area contributed by atoms with Crippen LogP contribution in [-0.4, -0.2) is 48.9 Å². The van der Waals surface area contributed by atoms with E-state index >= 15 is 0 Å². The van der Waals surface area contributed by atoms with Crippen molar-refractivity contribution in [3.05, 3.63) is 0 Å². The van der Waals surface area contributed by atoms with Crippen LogP contribution in [0.5, 0.6) is 0 Å². The summed E-state index contributed by atoms with van der Waals surface area (Å²) in [5.41, 5.74) is 0. The van der Waals surface area contributed by atoms with Crippen molar-refractivity contribution in [1.29, 1.82) is 0 Å². The van der Waals surface area contributed by atoms with Gasteiger partial charge in [0.2, 0.25) is 0 Å². The number of ether oxygens (including phenoxy) is 2. The molecule has 0 N–H and O–H groups in total. The SMILES string of the molecule is CO[SiH](CCCC(C)OCC1CO1)OC. The summed E-state index contributed by atoms with van der Waals surface area (Å²) in [5, 5.41) is 0. The van der Waals surface area contributed by atoms with Crippen LogP contribution < -0.4 is 0 Å². The highest BCUT2D eigenvalue weighted by Gasteiger charge is 2.23. The van der Waals surface area contributed by atoms with Crippen molar-refractivity contribution < 1.29 is 18.3 Å². The van der Waals surface area contributed by atoms with E-state index < -0.39 is 9.28 Å². The zero-order valence-electron chi connectivity index (χ0n) is 9.90. The average molecular weight is 234 g/mol. The predicted octanol–water partition coefficient (Wildman–Crippen LogP) is 1.08. The van der Waals surface area contributed by atoms with Gasteiger partial charge >= 0.3 is 9.28 Å². The van der Waals surface area contributed by atoms with Crippen molar-refractivity contribution in [1.82, 2.24) is 0 Å². The Bertz CT molecular complexity index is 160. The fourth-order valence-electron chi connectivity index (χ4n) is 1.42. The maximum absolute atomic E-state index is 5.62. The van der Waals surface area contributed by atoms with Gasteiger partial charge in [0, 0.05) is 14.2 Å². The first-order chi connectivity index (χ1) is 7.26. The minimum absolute atomic E-state index is 0.317. The molecule has 0 aromatic rings. The lowest BCUT2D eigenvalue weighted by Crippen LogP contribution is -2.19. The van der Waals surface area contributed by atoms with Crippen LogP contribution in [0.2, 0.25) is 6.04 Å². The molecule has 1 saturated heterocycles. The summed E-state index contributed by atoms with van der Waals surface area (Å²) in [6, 6.07) is 1.06. The van der Waals surface area contributed by atoms with Crippen molar-refractivity contribution in [2.75, 3.05) is 27.4 Å². The van der Waals surface area contributed by atoms with E-state index in [0.717, 1.165) is 32.1 Å². The molecule has 4 nitrogen and oxygen atoms in total. The Morgan fingerprint density at radius 2 is 2.07 bits per heavy atom. The average Bonchev–Trinajstić information content (AvgIpc) is 3.05. The first-order valence-electron chi connectivity index (χ1n) is 5.55. The van der Waals surface area contributed by atoms with Crippen LogP contribution in [0.25, 0.3) is 0 Å². The lowest BCUT2D eigenvalue weighted by Gasteiger charge is -2.14. The first-order valence-corrected chi connectivity index (χ1v) is 7.31. The molecule has 1 fully saturated rings. The lowest BCUT2D eigenvalue weighted by atomic mass is 10.2. The van der Waals surface area contributed by atoms with Crippen LogP contribution in [0.3, 0.4) is 0 Å². The Hall–Kier alpha value is 0.0569. The molecule has 0 aromatic heterocycles. The molecule has 0 spiro atoms. The van der Waals surface area contributed by atoms with Crippen LogP contribution in [0.15, 0.2) is 0 Å². The smallest absolute Gasteiger partial charge is 0.320 e. The van der Waals surface area contributed by atoms with Crippen LogP contribution >= 0.6 is 0 Å². The molecule has 15 heavy (non-hydrogen) atoms. The molecule has 1 rings (SSSR count). The second kappa shape index (κ2) is 7.35. The van der Waals surface area contributed by atoms with Crippen molar-refractivity contribution in [2.24, 2.45) is 0 Å². The van der Waals surface area contributed by atoms with Gasteiger partial charge in [0.1, 0.15) is 6.10 Å². The zero-order valence-corrected chi connectivity index (χ0v) is 11.1. The van der Waals surface area contributed by atoms with Gasteiger partial charge in [-0.15, -0.1) is 0 Å². The fraction of sp³-hybridized carbons (Fsp3) is 1.00. The third-order valence-corrected chi connectivity index (χ3v) is 4.48. The standard InChI is InChI=1S/C10H22O4Si/c1-9(13-7-10-8-14-10)5-4-6-15(11-2)12-3/h9-10,15H,4-8H2,1-3H3. The molecule has 1 aliphatic rings. The molecule has 0 bridgehead atoms. The molecule has 90 valence electrons. The van der Waals surface area contributed by atoms with Gasteiger partial charge in [-0.25, -0.2) is 0 Å². The normalized spacial score (nSPS) is 22.0. The van der Waals surface area contributed by atoms with E-state index in [9.17, 15) is 0 Å². The monoisotopic (exact) mass is 234 g/mol. The molecule has 0 saturated carbocycles. The molecule has 2 unspecified atom stereocenters. The van der Waals surface area contributed by atoms with Crippen molar-refractivity contribution in [3.63, 3.8) is 0 Å². The minimum Gasteiger partial charge on any atom is -0.400 e. The second-order valence-electron chi connectivity index (χ2n) is 3.93. The topological polar surface area (TPSA) is 40.2 Å². The maximum atomic E-state index is 5.62. The molecular weight excluding hydrogens is 212 g/mol. The highest BCUT2D eigenvalue weighted by Crippen LogP contribution is 2.13. The predicted molar refractivity (Wildman–Crippen MR) is 60.4 cm³/mol. The number of epoxide rings is 1. The van der Waals surface area contributed by atoms with Gasteiger partial charge in [-0.3, -0.25) is 0 Å². The van der Waals surface area contributed by atoms with E-state index in [1.54, 1.807) is 14.2 Å². The van der Waals surface area contributed by atoms with Crippen molar-refractivity contribution in [3.8, 4) is 0 Å². The van der Waals surface area contributed by atoms with E-state index in [1.807, 2.05) is 0 Å². The Morgan fingerprint density at radius 3 is 2.60 bits per heavy atom. The Morgan fingerprint density at radius 1 is 1.40 bits per heavy atom. The van der Waals surface area contributed by atoms with Crippen LogP contribution in [-0.2, 0) is 18.3 Å². The highest BCUT2D eigenvalue weighted by atomic mass is 28.3. The molecule has 5 heteroatoms. The summed E-state index contributed by atoms with van der Waals surface area (Å²) in [6.45, 7) is 3.73. The first kappa shape index (κ1) is 13.1. The van der Waals surface area contributed by atoms with Crippen molar-refractivity contribution in [2.45, 2.75) is 38.0 Å². The molecular formula is C10H22O4Si. The van der Waals surface area contributed by atoms with Gasteiger partial charge in [0.05, 0.1) is 19.3 Å². The highest BCUT2D eigenvalue weighted by molar-refractivity contribution is 6.44. The van der Waals surface area contributed by atoms with Gasteiger partial charge < -0.3 is 18.3 Å². The third-order valence-electron chi connectivity index (χ3n) is 2.55. The van der Waals surface area contributed by atoms with Crippen molar-refractivity contribution >= 4 is 9.28 Å². The van der Waals surface area contributed by atoms with E-state index in [4.69, 9.17) is 18.3 Å². The van der Waals surface area contributed by atoms with E-state index in [0.29, 0.717) is 12.2 Å². The molecule has 2 atom stereocenters. The van der Waals surface area contributed by atoms with E-state index in [2.05, 4.69) is 6.92 Å². The van der Waals surface area contributed by atoms with Gasteiger partial charge in [-0.05, 0) is 25.8 Å². The zero-order chi connectivity index (χ0) is 11.1. The fourth-order valence-corrected chi connectivity index (χ4v) is 2.66. The maximum Gasteiger partial charge on any atom is 0.320 e. The van der Waals surface area contributed by atoms with Gasteiger partial charge in [-0.2, -0.15) is 0 Å². The Labute approximate surface area is 93.7 Å². The molecule has 1 heterocycles. The van der Waals surface area contributed by atoms with Gasteiger partial charge in [0.15, 0.2) is 0 Å². The molecule has 0 aromatic carbocycles. The summed E-state index contributed by atoms with van der Waals surface area (Å²) in [6.07, 6.45) is 2.87. The summed E-state index contributed by atoms with van der Waals surface area (Å²) >= 11 is 0. The Balaban J connectivity index is 1.92. The summed E-state index contributed by atoms with van der Waals surface area (Å²) in [5.74, 6) is 0. The summed E-state index contributed by atoms with van der Waals surface area (Å²) in [7, 11) is 2.10. The molecule has 0 radical (unpaired) electrons. The quantitative estimate of drug-likeness (QED) is 0.442. The summed E-state index contributed by atoms with van der Waals surface area (Å²) < 4.78 is 21.2.